The van der Waals surface area contributed by atoms with Crippen LogP contribution < -0.4 is 11.1 Å². The van der Waals surface area contributed by atoms with Crippen LogP contribution in [0.1, 0.15) is 29.6 Å². The van der Waals surface area contributed by atoms with Crippen molar-refractivity contribution in [2.75, 3.05) is 6.26 Å². The Hall–Kier alpha value is -1.69. The number of oxime groups is 1. The zero-order valence-electron chi connectivity index (χ0n) is 11.4. The normalized spacial score (nSPS) is 22.8. The number of hydrogen-bond acceptors (Lipinski definition) is 4. The van der Waals surface area contributed by atoms with Crippen molar-refractivity contribution in [3.8, 4) is 0 Å². The molecule has 2 rings (SSSR count). The van der Waals surface area contributed by atoms with Crippen molar-refractivity contribution in [3.05, 3.63) is 29.8 Å². The van der Waals surface area contributed by atoms with E-state index in [0.717, 1.165) is 24.2 Å². The van der Waals surface area contributed by atoms with E-state index < -0.39 is 0 Å². The van der Waals surface area contributed by atoms with Gasteiger partial charge in [0.05, 0.1) is 5.56 Å². The molecule has 0 aromatic heterocycles. The van der Waals surface area contributed by atoms with E-state index in [9.17, 15) is 4.79 Å². The number of hydrogen-bond donors (Lipinski definition) is 3. The average Bonchev–Trinajstić information content (AvgIpc) is 2.94. The molecule has 108 valence electrons. The molecule has 0 bridgehead atoms. The maximum atomic E-state index is 12.4. The Balaban J connectivity index is 2.11. The van der Waals surface area contributed by atoms with Crippen LogP contribution in [0.3, 0.4) is 0 Å². The highest BCUT2D eigenvalue weighted by atomic mass is 32.2. The van der Waals surface area contributed by atoms with Crippen LogP contribution >= 0.6 is 11.8 Å². The largest absolute Gasteiger partial charge is 0.409 e. The summed E-state index contributed by atoms with van der Waals surface area (Å²) in [7, 11) is 0. The van der Waals surface area contributed by atoms with Gasteiger partial charge in [-0.25, -0.2) is 0 Å². The topological polar surface area (TPSA) is 87.7 Å². The first-order valence-corrected chi connectivity index (χ1v) is 7.81. The number of carbonyl (C=O) groups excluding carboxylic acids is 1. The Bertz CT molecular complexity index is 519. The van der Waals surface area contributed by atoms with Crippen molar-refractivity contribution in [2.24, 2.45) is 16.8 Å². The predicted molar refractivity (Wildman–Crippen MR) is 80.2 cm³/mol. The smallest absolute Gasteiger partial charge is 0.252 e. The molecule has 4 N–H and O–H groups in total. The molecule has 1 amide bonds. The number of nitrogens with two attached hydrogens (primary N) is 1. The van der Waals surface area contributed by atoms with Crippen molar-refractivity contribution in [1.82, 2.24) is 5.32 Å². The van der Waals surface area contributed by atoms with Crippen molar-refractivity contribution < 1.29 is 10.0 Å². The maximum absolute atomic E-state index is 12.4. The third-order valence-electron chi connectivity index (χ3n) is 3.68. The van der Waals surface area contributed by atoms with E-state index in [1.807, 2.05) is 30.5 Å². The first kappa shape index (κ1) is 14.7. The highest BCUT2D eigenvalue weighted by molar-refractivity contribution is 7.98. The Kier molecular flexibility index (Phi) is 4.89. The Morgan fingerprint density at radius 2 is 2.20 bits per heavy atom. The summed E-state index contributed by atoms with van der Waals surface area (Å²) in [5.41, 5.74) is 6.36. The number of thioether (sulfide) groups is 1. The minimum Gasteiger partial charge on any atom is -0.409 e. The van der Waals surface area contributed by atoms with Gasteiger partial charge in [0.15, 0.2) is 0 Å². The van der Waals surface area contributed by atoms with E-state index in [2.05, 4.69) is 10.5 Å². The lowest BCUT2D eigenvalue weighted by molar-refractivity contribution is 0.0930. The van der Waals surface area contributed by atoms with E-state index in [0.29, 0.717) is 5.56 Å². The second kappa shape index (κ2) is 6.65. The van der Waals surface area contributed by atoms with Crippen LogP contribution in [0.15, 0.2) is 34.3 Å². The van der Waals surface area contributed by atoms with Gasteiger partial charge in [-0.05, 0) is 31.2 Å². The number of amides is 1. The summed E-state index contributed by atoms with van der Waals surface area (Å²) in [5.74, 6) is 0.0222. The van der Waals surface area contributed by atoms with E-state index in [4.69, 9.17) is 10.9 Å². The van der Waals surface area contributed by atoms with E-state index in [1.165, 1.54) is 0 Å². The molecule has 0 spiro atoms. The highest BCUT2D eigenvalue weighted by Gasteiger charge is 2.32. The van der Waals surface area contributed by atoms with Gasteiger partial charge in [0.1, 0.15) is 5.84 Å². The number of rotatable bonds is 4. The van der Waals surface area contributed by atoms with Gasteiger partial charge in [0.2, 0.25) is 0 Å². The molecule has 0 saturated heterocycles. The van der Waals surface area contributed by atoms with Crippen LogP contribution in [-0.2, 0) is 0 Å². The van der Waals surface area contributed by atoms with Crippen molar-refractivity contribution >= 4 is 23.5 Å². The molecule has 2 atom stereocenters. The average molecular weight is 293 g/mol. The molecule has 0 aliphatic heterocycles. The van der Waals surface area contributed by atoms with Crippen molar-refractivity contribution in [2.45, 2.75) is 30.2 Å². The zero-order chi connectivity index (χ0) is 14.5. The molecular formula is C14H19N3O2S. The highest BCUT2D eigenvalue weighted by Crippen LogP contribution is 2.27. The molecular weight excluding hydrogens is 274 g/mol. The predicted octanol–water partition coefficient (Wildman–Crippen LogP) is 2.05. The van der Waals surface area contributed by atoms with Gasteiger partial charge >= 0.3 is 0 Å². The van der Waals surface area contributed by atoms with Crippen LogP contribution in [0, 0.1) is 5.92 Å². The second-order valence-electron chi connectivity index (χ2n) is 4.84. The summed E-state index contributed by atoms with van der Waals surface area (Å²) < 4.78 is 0. The molecule has 1 aromatic carbocycles. The third-order valence-corrected chi connectivity index (χ3v) is 4.48. The molecule has 1 saturated carbocycles. The fourth-order valence-corrected chi connectivity index (χ4v) is 3.23. The fraction of sp³-hybridized carbons (Fsp3) is 0.429. The van der Waals surface area contributed by atoms with Gasteiger partial charge in [-0.2, -0.15) is 0 Å². The molecule has 6 heteroatoms. The zero-order valence-corrected chi connectivity index (χ0v) is 12.2. The monoisotopic (exact) mass is 293 g/mol. The Morgan fingerprint density at radius 1 is 1.45 bits per heavy atom. The lowest BCUT2D eigenvalue weighted by Crippen LogP contribution is -2.42. The summed E-state index contributed by atoms with van der Waals surface area (Å²) in [5, 5.41) is 14.9. The van der Waals surface area contributed by atoms with Gasteiger partial charge in [-0.15, -0.1) is 11.8 Å². The van der Waals surface area contributed by atoms with Gasteiger partial charge in [0.25, 0.3) is 5.91 Å². The molecule has 1 fully saturated rings. The van der Waals surface area contributed by atoms with Crippen molar-refractivity contribution in [1.29, 1.82) is 0 Å². The first-order valence-electron chi connectivity index (χ1n) is 6.58. The maximum Gasteiger partial charge on any atom is 0.252 e. The minimum absolute atomic E-state index is 0.0617. The van der Waals surface area contributed by atoms with E-state index >= 15 is 0 Å². The summed E-state index contributed by atoms with van der Waals surface area (Å²) in [4.78, 5) is 13.3. The lowest BCUT2D eigenvalue weighted by atomic mass is 10.0. The number of benzene rings is 1. The summed E-state index contributed by atoms with van der Waals surface area (Å²) in [6.07, 6.45) is 4.61. The van der Waals surface area contributed by atoms with Crippen LogP contribution in [0.2, 0.25) is 0 Å². The van der Waals surface area contributed by atoms with Gasteiger partial charge < -0.3 is 16.3 Å². The Labute approximate surface area is 122 Å². The lowest BCUT2D eigenvalue weighted by Gasteiger charge is -2.20. The molecule has 5 nitrogen and oxygen atoms in total. The third kappa shape index (κ3) is 3.07. The quantitative estimate of drug-likeness (QED) is 0.261. The van der Waals surface area contributed by atoms with E-state index in [-0.39, 0.29) is 23.7 Å². The number of amidine groups is 1. The van der Waals surface area contributed by atoms with Crippen LogP contribution in [0.5, 0.6) is 0 Å². The molecule has 0 radical (unpaired) electrons. The standard InChI is InChI=1S/C14H19N3O2S/c1-20-12-8-3-2-5-10(12)14(18)16-11-7-4-6-9(11)13(15)17-19/h2-3,5,8-9,11,19H,4,6-7H2,1H3,(H2,15,17)(H,16,18). The molecule has 0 heterocycles. The van der Waals surface area contributed by atoms with Gasteiger partial charge in [0, 0.05) is 16.9 Å². The minimum atomic E-state index is -0.0995. The Morgan fingerprint density at radius 3 is 2.90 bits per heavy atom. The number of nitrogens with one attached hydrogen (secondary N) is 1. The number of nitrogens with zero attached hydrogens (tertiary/aromatic N) is 1. The molecule has 1 aliphatic rings. The summed E-state index contributed by atoms with van der Waals surface area (Å²) in [6.45, 7) is 0. The second-order valence-corrected chi connectivity index (χ2v) is 5.69. The number of carbonyl (C=O) groups is 1. The summed E-state index contributed by atoms with van der Waals surface area (Å²) in [6, 6.07) is 7.44. The fourth-order valence-electron chi connectivity index (χ4n) is 2.64. The van der Waals surface area contributed by atoms with E-state index in [1.54, 1.807) is 11.8 Å². The SMILES string of the molecule is CSc1ccccc1C(=O)NC1CCCC1C(N)=NO. The molecule has 1 aliphatic carbocycles. The van der Waals surface area contributed by atoms with Gasteiger partial charge in [-0.3, -0.25) is 4.79 Å². The van der Waals surface area contributed by atoms with Crippen LogP contribution in [0.4, 0.5) is 0 Å². The molecule has 1 aromatic rings. The summed E-state index contributed by atoms with van der Waals surface area (Å²) >= 11 is 1.54. The van der Waals surface area contributed by atoms with Crippen LogP contribution in [-0.4, -0.2) is 29.2 Å². The molecule has 2 unspecified atom stereocenters. The first-order chi connectivity index (χ1) is 9.67. The van der Waals surface area contributed by atoms with Crippen molar-refractivity contribution in [3.63, 3.8) is 0 Å². The van der Waals surface area contributed by atoms with Crippen LogP contribution in [0.25, 0.3) is 0 Å². The van der Waals surface area contributed by atoms with Gasteiger partial charge in [-0.1, -0.05) is 23.7 Å². The molecule has 20 heavy (non-hydrogen) atoms.